The van der Waals surface area contributed by atoms with Crippen LogP contribution < -0.4 is 0 Å². The van der Waals surface area contributed by atoms with Gasteiger partial charge in [-0.25, -0.2) is 4.79 Å². The Morgan fingerprint density at radius 1 is 1.77 bits per heavy atom. The molecule has 76 valence electrons. The van der Waals surface area contributed by atoms with Crippen molar-refractivity contribution in [1.82, 2.24) is 0 Å². The molecule has 1 heterocycles. The molecule has 0 aromatic carbocycles. The molecule has 1 N–H and O–H groups in total. The number of carbonyl (C=O) groups excluding carboxylic acids is 1. The summed E-state index contributed by atoms with van der Waals surface area (Å²) in [5, 5.41) is 8.08. The Kier molecular flexibility index (Phi) is 6.18. The third-order valence-corrected chi connectivity index (χ3v) is 1.51. The maximum atomic E-state index is 10.4. The van der Waals surface area contributed by atoms with Gasteiger partial charge in [-0.1, -0.05) is 13.5 Å². The van der Waals surface area contributed by atoms with Gasteiger partial charge in [0.15, 0.2) is 0 Å². The van der Waals surface area contributed by atoms with E-state index in [9.17, 15) is 4.79 Å². The summed E-state index contributed by atoms with van der Waals surface area (Å²) in [6.45, 7) is 6.28. The van der Waals surface area contributed by atoms with Crippen molar-refractivity contribution in [1.29, 1.82) is 0 Å². The predicted octanol–water partition coefficient (Wildman–Crippen LogP) is 0.503. The minimum Gasteiger partial charge on any atom is -0.466 e. The number of aliphatic hydroxyl groups is 1. The molecule has 1 atom stereocenters. The van der Waals surface area contributed by atoms with Gasteiger partial charge in [0.1, 0.15) is 6.10 Å². The maximum Gasteiger partial charge on any atom is 0.333 e. The third kappa shape index (κ3) is 6.31. The monoisotopic (exact) mass is 188 g/mol. The van der Waals surface area contributed by atoms with Gasteiger partial charge >= 0.3 is 5.97 Å². The van der Waals surface area contributed by atoms with Crippen LogP contribution in [-0.4, -0.2) is 37.5 Å². The number of hydrogen-bond donors (Lipinski definition) is 1. The zero-order valence-corrected chi connectivity index (χ0v) is 8.08. The summed E-state index contributed by atoms with van der Waals surface area (Å²) in [5.74, 6) is -0.312. The molecular weight excluding hydrogens is 172 g/mol. The molecule has 4 nitrogen and oxygen atoms in total. The lowest BCUT2D eigenvalue weighted by atomic mass is 10.2. The number of carbonyl (C=O) groups is 1. The highest BCUT2D eigenvalue weighted by atomic mass is 16.6. The van der Waals surface area contributed by atoms with Gasteiger partial charge in [0.2, 0.25) is 0 Å². The average molecular weight is 188 g/mol. The number of aliphatic hydroxyl groups excluding tert-OH is 1. The second-order valence-electron chi connectivity index (χ2n) is 2.59. The summed E-state index contributed by atoms with van der Waals surface area (Å²) in [6, 6.07) is 0. The first kappa shape index (κ1) is 12.1. The van der Waals surface area contributed by atoms with Gasteiger partial charge in [-0.3, -0.25) is 0 Å². The van der Waals surface area contributed by atoms with Crippen molar-refractivity contribution in [2.75, 3.05) is 20.3 Å². The molecule has 1 aliphatic heterocycles. The van der Waals surface area contributed by atoms with Crippen molar-refractivity contribution >= 4 is 5.97 Å². The van der Waals surface area contributed by atoms with Gasteiger partial charge in [0, 0.05) is 5.57 Å². The van der Waals surface area contributed by atoms with Gasteiger partial charge < -0.3 is 14.6 Å². The number of hydrogen-bond acceptors (Lipinski definition) is 4. The van der Waals surface area contributed by atoms with Crippen LogP contribution in [0.15, 0.2) is 12.2 Å². The van der Waals surface area contributed by atoms with Crippen LogP contribution in [0.2, 0.25) is 0 Å². The van der Waals surface area contributed by atoms with E-state index in [1.54, 1.807) is 0 Å². The number of epoxide rings is 1. The van der Waals surface area contributed by atoms with E-state index in [-0.39, 0.29) is 18.7 Å². The SMILES string of the molecule is C=C(CC)C(=O)OC.OCC1CO1. The Balaban J connectivity index is 0.000000243. The first-order valence-corrected chi connectivity index (χ1v) is 4.14. The van der Waals surface area contributed by atoms with Crippen LogP contribution in [-0.2, 0) is 14.3 Å². The minimum atomic E-state index is -0.312. The second-order valence-corrected chi connectivity index (χ2v) is 2.59. The number of rotatable bonds is 3. The standard InChI is InChI=1S/C6H10O2.C3H6O2/c1-4-5(2)6(7)8-3;4-1-3-2-5-3/h2,4H2,1,3H3;3-4H,1-2H2. The van der Waals surface area contributed by atoms with E-state index >= 15 is 0 Å². The highest BCUT2D eigenvalue weighted by Crippen LogP contribution is 2.04. The third-order valence-electron chi connectivity index (χ3n) is 1.51. The highest BCUT2D eigenvalue weighted by Gasteiger charge is 2.19. The van der Waals surface area contributed by atoms with E-state index in [4.69, 9.17) is 5.11 Å². The largest absolute Gasteiger partial charge is 0.466 e. The molecule has 0 amide bonds. The molecule has 13 heavy (non-hydrogen) atoms. The summed E-state index contributed by atoms with van der Waals surface area (Å²) in [6.07, 6.45) is 0.849. The Hall–Kier alpha value is -0.870. The number of methoxy groups -OCH3 is 1. The maximum absolute atomic E-state index is 10.4. The number of esters is 1. The Bertz CT molecular complexity index is 158. The lowest BCUT2D eigenvalue weighted by Gasteiger charge is -1.95. The summed E-state index contributed by atoms with van der Waals surface area (Å²) in [5.41, 5.74) is 0.521. The molecule has 0 aromatic heterocycles. The van der Waals surface area contributed by atoms with Crippen LogP contribution in [0.4, 0.5) is 0 Å². The molecule has 0 bridgehead atoms. The first-order valence-electron chi connectivity index (χ1n) is 4.14. The van der Waals surface area contributed by atoms with Crippen LogP contribution in [0.5, 0.6) is 0 Å². The molecule has 1 rings (SSSR count). The highest BCUT2D eigenvalue weighted by molar-refractivity contribution is 5.87. The van der Waals surface area contributed by atoms with Crippen LogP contribution in [0.3, 0.4) is 0 Å². The topological polar surface area (TPSA) is 59.1 Å². The fourth-order valence-electron chi connectivity index (χ4n) is 0.462. The molecule has 0 aromatic rings. The fraction of sp³-hybridized carbons (Fsp3) is 0.667. The summed E-state index contributed by atoms with van der Waals surface area (Å²) >= 11 is 0. The fourth-order valence-corrected chi connectivity index (χ4v) is 0.462. The van der Waals surface area contributed by atoms with Crippen molar-refractivity contribution < 1.29 is 19.4 Å². The van der Waals surface area contributed by atoms with Crippen LogP contribution >= 0.6 is 0 Å². The van der Waals surface area contributed by atoms with E-state index in [0.717, 1.165) is 6.61 Å². The van der Waals surface area contributed by atoms with Crippen molar-refractivity contribution in [3.8, 4) is 0 Å². The smallest absolute Gasteiger partial charge is 0.333 e. The molecule has 0 saturated carbocycles. The summed E-state index contributed by atoms with van der Waals surface area (Å²) < 4.78 is 8.97. The predicted molar refractivity (Wildman–Crippen MR) is 48.3 cm³/mol. The van der Waals surface area contributed by atoms with E-state index in [2.05, 4.69) is 16.1 Å². The van der Waals surface area contributed by atoms with E-state index in [1.807, 2.05) is 6.92 Å². The molecule has 0 aliphatic carbocycles. The zero-order chi connectivity index (χ0) is 10.3. The van der Waals surface area contributed by atoms with E-state index in [1.165, 1.54) is 7.11 Å². The molecule has 1 fully saturated rings. The molecular formula is C9H16O4. The Morgan fingerprint density at radius 2 is 2.31 bits per heavy atom. The average Bonchev–Trinajstić information content (AvgIpc) is 2.99. The molecule has 0 spiro atoms. The van der Waals surface area contributed by atoms with Crippen molar-refractivity contribution in [2.24, 2.45) is 0 Å². The van der Waals surface area contributed by atoms with Crippen LogP contribution in [0.25, 0.3) is 0 Å². The Morgan fingerprint density at radius 3 is 2.38 bits per heavy atom. The minimum absolute atomic E-state index is 0.190. The van der Waals surface area contributed by atoms with Crippen molar-refractivity contribution in [2.45, 2.75) is 19.4 Å². The van der Waals surface area contributed by atoms with E-state index in [0.29, 0.717) is 12.0 Å². The molecule has 4 heteroatoms. The van der Waals surface area contributed by atoms with Crippen LogP contribution in [0, 0.1) is 0 Å². The van der Waals surface area contributed by atoms with Crippen molar-refractivity contribution in [3.05, 3.63) is 12.2 Å². The second kappa shape index (κ2) is 6.62. The van der Waals surface area contributed by atoms with Gasteiger partial charge in [0.25, 0.3) is 0 Å². The lowest BCUT2D eigenvalue weighted by Crippen LogP contribution is -2.01. The molecule has 1 unspecified atom stereocenters. The summed E-state index contributed by atoms with van der Waals surface area (Å²) in [7, 11) is 1.35. The molecule has 1 saturated heterocycles. The van der Waals surface area contributed by atoms with Gasteiger partial charge in [-0.2, -0.15) is 0 Å². The lowest BCUT2D eigenvalue weighted by molar-refractivity contribution is -0.136. The van der Waals surface area contributed by atoms with Crippen LogP contribution in [0.1, 0.15) is 13.3 Å². The summed E-state index contributed by atoms with van der Waals surface area (Å²) in [4.78, 5) is 10.4. The molecule has 0 radical (unpaired) electrons. The quantitative estimate of drug-likeness (QED) is 0.398. The Labute approximate surface area is 78.2 Å². The van der Waals surface area contributed by atoms with Gasteiger partial charge in [-0.15, -0.1) is 0 Å². The number of ether oxygens (including phenoxy) is 2. The zero-order valence-electron chi connectivity index (χ0n) is 8.08. The van der Waals surface area contributed by atoms with Gasteiger partial charge in [-0.05, 0) is 6.42 Å². The van der Waals surface area contributed by atoms with E-state index < -0.39 is 0 Å². The van der Waals surface area contributed by atoms with Gasteiger partial charge in [0.05, 0.1) is 20.3 Å². The molecule has 1 aliphatic rings. The normalized spacial score (nSPS) is 18.2. The first-order chi connectivity index (χ1) is 6.15. The van der Waals surface area contributed by atoms with Crippen molar-refractivity contribution in [3.63, 3.8) is 0 Å².